The minimum absolute atomic E-state index is 0.195. The number of rotatable bonds is 4. The Morgan fingerprint density at radius 3 is 3.07 bits per heavy atom. The summed E-state index contributed by atoms with van der Waals surface area (Å²) in [7, 11) is 0. The molecule has 0 aliphatic carbocycles. The molecule has 1 aliphatic heterocycles. The molecule has 1 aliphatic rings. The number of ether oxygens (including phenoxy) is 1. The lowest BCUT2D eigenvalue weighted by Crippen LogP contribution is -2.44. The predicted molar refractivity (Wildman–Crippen MR) is 106 cm³/mol. The smallest absolute Gasteiger partial charge is 0.144 e. The second-order valence-electron chi connectivity index (χ2n) is 6.36. The van der Waals surface area contributed by atoms with E-state index < -0.39 is 0 Å². The first kappa shape index (κ1) is 17.8. The monoisotopic (exact) mass is 376 g/mol. The standard InChI is InChI=1S/C19H20N8O/c1-13-11-28-7-6-27(13)18-8-14(2-3-15-10-21-12-22-15)16(9-20)19(25-18)24-17-4-5-23-26-17/h4-5,8-10,12-13,20H,6-7,11H2,1H3,(H,21,22)(H2,23,24,25,26)/t13-/m1/s1. The van der Waals surface area contributed by atoms with E-state index in [0.717, 1.165) is 12.4 Å². The average molecular weight is 376 g/mol. The van der Waals surface area contributed by atoms with Crippen LogP contribution in [0.4, 0.5) is 17.5 Å². The molecule has 4 rings (SSSR count). The van der Waals surface area contributed by atoms with Gasteiger partial charge in [0, 0.05) is 24.4 Å². The van der Waals surface area contributed by atoms with E-state index >= 15 is 0 Å². The van der Waals surface area contributed by atoms with Crippen molar-refractivity contribution in [1.82, 2.24) is 25.1 Å². The van der Waals surface area contributed by atoms with Crippen LogP contribution in [0.1, 0.15) is 23.7 Å². The van der Waals surface area contributed by atoms with Crippen molar-refractivity contribution in [3.63, 3.8) is 0 Å². The van der Waals surface area contributed by atoms with E-state index in [-0.39, 0.29) is 6.04 Å². The second-order valence-corrected chi connectivity index (χ2v) is 6.36. The van der Waals surface area contributed by atoms with Gasteiger partial charge in [-0.05, 0) is 18.9 Å². The highest BCUT2D eigenvalue weighted by Crippen LogP contribution is 2.26. The molecular weight excluding hydrogens is 356 g/mol. The molecule has 1 saturated heterocycles. The molecule has 1 atom stereocenters. The van der Waals surface area contributed by atoms with Gasteiger partial charge in [0.2, 0.25) is 0 Å². The Balaban J connectivity index is 1.80. The Labute approximate surface area is 162 Å². The van der Waals surface area contributed by atoms with E-state index in [4.69, 9.17) is 15.1 Å². The molecule has 0 radical (unpaired) electrons. The molecule has 0 bridgehead atoms. The van der Waals surface area contributed by atoms with Gasteiger partial charge in [0.05, 0.1) is 43.5 Å². The fraction of sp³-hybridized carbons (Fsp3) is 0.263. The predicted octanol–water partition coefficient (Wildman–Crippen LogP) is 1.89. The third-order valence-corrected chi connectivity index (χ3v) is 4.44. The Morgan fingerprint density at radius 2 is 2.36 bits per heavy atom. The minimum Gasteiger partial charge on any atom is -0.377 e. The van der Waals surface area contributed by atoms with Crippen LogP contribution in [-0.4, -0.2) is 57.2 Å². The van der Waals surface area contributed by atoms with Gasteiger partial charge in [-0.3, -0.25) is 5.10 Å². The molecular formula is C19H20N8O. The SMILES string of the molecule is C[C@@H]1COCCN1c1cc(C#Cc2cnc[nH]2)c(C=N)c(Nc2ccn[nH]2)n1. The van der Waals surface area contributed by atoms with Crippen LogP contribution in [0.3, 0.4) is 0 Å². The van der Waals surface area contributed by atoms with Gasteiger partial charge >= 0.3 is 0 Å². The Morgan fingerprint density at radius 1 is 1.43 bits per heavy atom. The molecule has 0 amide bonds. The lowest BCUT2D eigenvalue weighted by molar-refractivity contribution is 0.0985. The van der Waals surface area contributed by atoms with Gasteiger partial charge in [-0.25, -0.2) is 9.97 Å². The maximum absolute atomic E-state index is 7.91. The van der Waals surface area contributed by atoms with Crippen LogP contribution in [0.15, 0.2) is 30.9 Å². The zero-order chi connectivity index (χ0) is 19.3. The third kappa shape index (κ3) is 3.72. The fourth-order valence-corrected chi connectivity index (χ4v) is 3.01. The summed E-state index contributed by atoms with van der Waals surface area (Å²) in [6.07, 6.45) is 6.15. The third-order valence-electron chi connectivity index (χ3n) is 4.44. The molecule has 9 heteroatoms. The summed E-state index contributed by atoms with van der Waals surface area (Å²) >= 11 is 0. The van der Waals surface area contributed by atoms with Crippen molar-refractivity contribution in [2.24, 2.45) is 0 Å². The maximum atomic E-state index is 7.91. The zero-order valence-corrected chi connectivity index (χ0v) is 15.4. The Hall–Kier alpha value is -3.64. The number of pyridine rings is 1. The molecule has 142 valence electrons. The summed E-state index contributed by atoms with van der Waals surface area (Å²) in [4.78, 5) is 13.9. The van der Waals surface area contributed by atoms with Crippen molar-refractivity contribution in [3.8, 4) is 11.8 Å². The van der Waals surface area contributed by atoms with E-state index in [0.29, 0.717) is 41.7 Å². The summed E-state index contributed by atoms with van der Waals surface area (Å²) in [5.41, 5.74) is 2.01. The van der Waals surface area contributed by atoms with Crippen LogP contribution < -0.4 is 10.2 Å². The first-order valence-electron chi connectivity index (χ1n) is 8.91. The van der Waals surface area contributed by atoms with Crippen molar-refractivity contribution in [1.29, 1.82) is 5.41 Å². The summed E-state index contributed by atoms with van der Waals surface area (Å²) < 4.78 is 5.55. The number of aromatic amines is 2. The van der Waals surface area contributed by atoms with Gasteiger partial charge in [-0.1, -0.05) is 5.92 Å². The fourth-order valence-electron chi connectivity index (χ4n) is 3.01. The number of hydrogen-bond acceptors (Lipinski definition) is 7. The average Bonchev–Trinajstić information content (AvgIpc) is 3.40. The zero-order valence-electron chi connectivity index (χ0n) is 15.4. The van der Waals surface area contributed by atoms with Gasteiger partial charge in [-0.2, -0.15) is 5.10 Å². The van der Waals surface area contributed by atoms with Crippen LogP contribution in [-0.2, 0) is 4.74 Å². The van der Waals surface area contributed by atoms with Crippen LogP contribution in [0, 0.1) is 17.3 Å². The summed E-state index contributed by atoms with van der Waals surface area (Å²) in [6, 6.07) is 3.92. The normalized spacial score (nSPS) is 16.3. The van der Waals surface area contributed by atoms with Gasteiger partial charge in [0.25, 0.3) is 0 Å². The quantitative estimate of drug-likeness (QED) is 0.408. The molecule has 0 unspecified atom stereocenters. The van der Waals surface area contributed by atoms with Crippen molar-refractivity contribution < 1.29 is 4.74 Å². The number of nitrogens with one attached hydrogen (secondary N) is 4. The minimum atomic E-state index is 0.195. The van der Waals surface area contributed by atoms with E-state index in [1.807, 2.05) is 6.07 Å². The molecule has 4 heterocycles. The Kier molecular flexibility index (Phi) is 5.03. The van der Waals surface area contributed by atoms with Gasteiger partial charge < -0.3 is 25.3 Å². The number of nitrogens with zero attached hydrogens (tertiary/aromatic N) is 4. The van der Waals surface area contributed by atoms with Crippen LogP contribution in [0.2, 0.25) is 0 Å². The van der Waals surface area contributed by atoms with E-state index in [2.05, 4.69) is 49.1 Å². The number of anilines is 3. The first-order chi connectivity index (χ1) is 13.7. The van der Waals surface area contributed by atoms with Crippen LogP contribution in [0.25, 0.3) is 0 Å². The van der Waals surface area contributed by atoms with Gasteiger partial charge in [-0.15, -0.1) is 0 Å². The van der Waals surface area contributed by atoms with E-state index in [9.17, 15) is 0 Å². The number of hydrogen-bond donors (Lipinski definition) is 4. The van der Waals surface area contributed by atoms with E-state index in [1.165, 1.54) is 6.21 Å². The molecule has 3 aromatic heterocycles. The van der Waals surface area contributed by atoms with Gasteiger partial charge in [0.15, 0.2) is 0 Å². The topological polar surface area (TPSA) is 119 Å². The number of aromatic nitrogens is 5. The first-order valence-corrected chi connectivity index (χ1v) is 8.91. The number of imidazole rings is 1. The number of morpholine rings is 1. The second kappa shape index (κ2) is 7.94. The van der Waals surface area contributed by atoms with Crippen molar-refractivity contribution in [2.45, 2.75) is 13.0 Å². The highest BCUT2D eigenvalue weighted by Gasteiger charge is 2.22. The summed E-state index contributed by atoms with van der Waals surface area (Å²) in [5, 5.41) is 17.9. The molecule has 4 N–H and O–H groups in total. The van der Waals surface area contributed by atoms with E-state index in [1.54, 1.807) is 24.8 Å². The van der Waals surface area contributed by atoms with Gasteiger partial charge in [0.1, 0.15) is 23.1 Å². The lowest BCUT2D eigenvalue weighted by Gasteiger charge is -2.34. The van der Waals surface area contributed by atoms with Crippen molar-refractivity contribution in [3.05, 3.63) is 47.7 Å². The molecule has 0 spiro atoms. The highest BCUT2D eigenvalue weighted by molar-refractivity contribution is 5.90. The van der Waals surface area contributed by atoms with Crippen LogP contribution >= 0.6 is 0 Å². The molecule has 1 fully saturated rings. The van der Waals surface area contributed by atoms with Crippen LogP contribution in [0.5, 0.6) is 0 Å². The molecule has 28 heavy (non-hydrogen) atoms. The Bertz CT molecular complexity index is 1000. The lowest BCUT2D eigenvalue weighted by atomic mass is 10.1. The molecule has 0 aromatic carbocycles. The maximum Gasteiger partial charge on any atom is 0.144 e. The largest absolute Gasteiger partial charge is 0.377 e. The summed E-state index contributed by atoms with van der Waals surface area (Å²) in [5.74, 6) is 8.22. The highest BCUT2D eigenvalue weighted by atomic mass is 16.5. The van der Waals surface area contributed by atoms with Crippen molar-refractivity contribution in [2.75, 3.05) is 30.0 Å². The number of H-pyrrole nitrogens is 2. The molecule has 0 saturated carbocycles. The summed E-state index contributed by atoms with van der Waals surface area (Å²) in [6.45, 7) is 4.14. The van der Waals surface area contributed by atoms with Crippen molar-refractivity contribution >= 4 is 23.7 Å². The molecule has 3 aromatic rings. The molecule has 9 nitrogen and oxygen atoms in total.